The van der Waals surface area contributed by atoms with Crippen LogP contribution in [-0.2, 0) is 20.7 Å². The Morgan fingerprint density at radius 3 is 2.65 bits per heavy atom. The zero-order chi connectivity index (χ0) is 16.0. The molecule has 2 heterocycles. The largest absolute Gasteiger partial charge is 0.481 e. The lowest BCUT2D eigenvalue weighted by atomic mass is 9.90. The van der Waals surface area contributed by atoms with Crippen molar-refractivity contribution in [1.82, 2.24) is 4.90 Å². The summed E-state index contributed by atoms with van der Waals surface area (Å²) in [6.45, 7) is 1.86. The molecule has 0 radical (unpaired) electrons. The molecule has 1 spiro atoms. The van der Waals surface area contributed by atoms with E-state index in [-0.39, 0.29) is 17.2 Å². The van der Waals surface area contributed by atoms with Gasteiger partial charge in [-0.2, -0.15) is 0 Å². The summed E-state index contributed by atoms with van der Waals surface area (Å²) in [6, 6.07) is 7.98. The van der Waals surface area contributed by atoms with Crippen molar-refractivity contribution in [2.24, 2.45) is 11.3 Å². The van der Waals surface area contributed by atoms with E-state index in [0.29, 0.717) is 19.7 Å². The monoisotopic (exact) mass is 315 g/mol. The van der Waals surface area contributed by atoms with Crippen LogP contribution >= 0.6 is 0 Å². The van der Waals surface area contributed by atoms with Gasteiger partial charge >= 0.3 is 5.97 Å². The van der Waals surface area contributed by atoms with Gasteiger partial charge in [-0.25, -0.2) is 0 Å². The third kappa shape index (κ3) is 2.43. The molecule has 4 rings (SSSR count). The average Bonchev–Trinajstić information content (AvgIpc) is 3.28. The number of piperidine rings is 1. The van der Waals surface area contributed by atoms with Crippen LogP contribution in [0.15, 0.2) is 24.3 Å². The van der Waals surface area contributed by atoms with Crippen LogP contribution in [0.25, 0.3) is 0 Å². The first kappa shape index (κ1) is 14.7. The average molecular weight is 315 g/mol. The minimum absolute atomic E-state index is 0.0273. The first-order valence-electron chi connectivity index (χ1n) is 8.32. The number of fused-ring (bicyclic) bond motifs is 1. The maximum atomic E-state index is 12.8. The molecule has 23 heavy (non-hydrogen) atoms. The van der Waals surface area contributed by atoms with Crippen molar-refractivity contribution >= 4 is 11.9 Å². The fourth-order valence-corrected chi connectivity index (χ4v) is 4.19. The minimum Gasteiger partial charge on any atom is -0.481 e. The van der Waals surface area contributed by atoms with Gasteiger partial charge < -0.3 is 14.7 Å². The molecule has 3 aliphatic rings. The number of nitrogens with zero attached hydrogens (tertiary/aromatic N) is 1. The maximum Gasteiger partial charge on any atom is 0.307 e. The number of carbonyl (C=O) groups is 2. The molecule has 122 valence electrons. The Bertz CT molecular complexity index is 648. The molecular weight excluding hydrogens is 294 g/mol. The highest BCUT2D eigenvalue weighted by atomic mass is 16.5. The molecule has 2 aliphatic heterocycles. The summed E-state index contributed by atoms with van der Waals surface area (Å²) in [7, 11) is 0. The van der Waals surface area contributed by atoms with E-state index in [1.165, 1.54) is 5.56 Å². The Balaban J connectivity index is 1.45. The highest BCUT2D eigenvalue weighted by molar-refractivity contribution is 5.83. The Labute approximate surface area is 135 Å². The normalized spacial score (nSPS) is 28.3. The molecule has 0 bridgehead atoms. The lowest BCUT2D eigenvalue weighted by Crippen LogP contribution is -2.43. The van der Waals surface area contributed by atoms with Gasteiger partial charge in [-0.3, -0.25) is 9.59 Å². The summed E-state index contributed by atoms with van der Waals surface area (Å²) in [5.74, 6) is -0.861. The number of likely N-dealkylation sites (tertiary alicyclic amines) is 1. The minimum atomic E-state index is -0.686. The Morgan fingerprint density at radius 1 is 1.22 bits per heavy atom. The van der Waals surface area contributed by atoms with Crippen molar-refractivity contribution in [3.05, 3.63) is 35.4 Å². The van der Waals surface area contributed by atoms with Crippen molar-refractivity contribution in [3.63, 3.8) is 0 Å². The van der Waals surface area contributed by atoms with Crippen molar-refractivity contribution in [1.29, 1.82) is 0 Å². The molecule has 1 aromatic carbocycles. The molecule has 5 nitrogen and oxygen atoms in total. The molecule has 2 atom stereocenters. The highest BCUT2D eigenvalue weighted by Crippen LogP contribution is 2.59. The number of carbonyl (C=O) groups excluding carboxylic acids is 1. The molecule has 2 fully saturated rings. The van der Waals surface area contributed by atoms with E-state index >= 15 is 0 Å². The van der Waals surface area contributed by atoms with E-state index in [4.69, 9.17) is 9.84 Å². The van der Waals surface area contributed by atoms with Crippen LogP contribution in [0.1, 0.15) is 36.5 Å². The summed E-state index contributed by atoms with van der Waals surface area (Å²) in [5, 5.41) is 9.16. The summed E-state index contributed by atoms with van der Waals surface area (Å²) in [4.78, 5) is 25.8. The third-order valence-electron chi connectivity index (χ3n) is 5.78. The fourth-order valence-electron chi connectivity index (χ4n) is 4.19. The van der Waals surface area contributed by atoms with Gasteiger partial charge in [0.15, 0.2) is 6.10 Å². The molecule has 1 saturated heterocycles. The molecule has 1 saturated carbocycles. The van der Waals surface area contributed by atoms with Crippen LogP contribution in [0.4, 0.5) is 0 Å². The zero-order valence-corrected chi connectivity index (χ0v) is 13.0. The second kappa shape index (κ2) is 5.34. The summed E-state index contributed by atoms with van der Waals surface area (Å²) >= 11 is 0. The number of hydrogen-bond acceptors (Lipinski definition) is 3. The highest BCUT2D eigenvalue weighted by Gasteiger charge is 2.59. The number of carboxylic acids is 1. The van der Waals surface area contributed by atoms with Crippen LogP contribution in [0, 0.1) is 11.3 Å². The first-order chi connectivity index (χ1) is 11.1. The summed E-state index contributed by atoms with van der Waals surface area (Å²) in [5.41, 5.74) is 2.13. The predicted octanol–water partition coefficient (Wildman–Crippen LogP) is 2.01. The van der Waals surface area contributed by atoms with Gasteiger partial charge in [-0.1, -0.05) is 24.3 Å². The molecule has 5 heteroatoms. The number of aliphatic carboxylic acids is 1. The Kier molecular flexibility index (Phi) is 3.41. The molecule has 1 N–H and O–H groups in total. The second-order valence-electron chi connectivity index (χ2n) is 6.98. The van der Waals surface area contributed by atoms with E-state index in [2.05, 4.69) is 6.07 Å². The topological polar surface area (TPSA) is 66.8 Å². The Hall–Kier alpha value is -1.88. The molecule has 1 aliphatic carbocycles. The maximum absolute atomic E-state index is 12.8. The van der Waals surface area contributed by atoms with Gasteiger partial charge in [0.1, 0.15) is 0 Å². The second-order valence-corrected chi connectivity index (χ2v) is 6.98. The lowest BCUT2D eigenvalue weighted by Gasteiger charge is -2.36. The van der Waals surface area contributed by atoms with Crippen molar-refractivity contribution in [2.75, 3.05) is 19.7 Å². The first-order valence-corrected chi connectivity index (χ1v) is 8.32. The molecule has 1 amide bonds. The van der Waals surface area contributed by atoms with Gasteiger partial charge in [0.2, 0.25) is 0 Å². The number of hydrogen-bond donors (Lipinski definition) is 1. The molecule has 2 unspecified atom stereocenters. The predicted molar refractivity (Wildman–Crippen MR) is 82.8 cm³/mol. The molecule has 1 aromatic rings. The van der Waals surface area contributed by atoms with Crippen LogP contribution in [-0.4, -0.2) is 41.6 Å². The number of ether oxygens (including phenoxy) is 1. The van der Waals surface area contributed by atoms with E-state index in [0.717, 1.165) is 31.2 Å². The van der Waals surface area contributed by atoms with Crippen LogP contribution in [0.2, 0.25) is 0 Å². The van der Waals surface area contributed by atoms with Gasteiger partial charge in [0, 0.05) is 13.1 Å². The zero-order valence-electron chi connectivity index (χ0n) is 13.0. The SMILES string of the molecule is O=C(O)C1CC12CCN(C(=O)C1OCCc3ccccc31)CC2. The van der Waals surface area contributed by atoms with Gasteiger partial charge in [0.05, 0.1) is 12.5 Å². The van der Waals surface area contributed by atoms with Crippen LogP contribution in [0.5, 0.6) is 0 Å². The van der Waals surface area contributed by atoms with E-state index in [1.54, 1.807) is 0 Å². The van der Waals surface area contributed by atoms with Gasteiger partial charge in [-0.15, -0.1) is 0 Å². The van der Waals surface area contributed by atoms with Gasteiger partial charge in [0.25, 0.3) is 5.91 Å². The number of amides is 1. The summed E-state index contributed by atoms with van der Waals surface area (Å²) < 4.78 is 5.76. The van der Waals surface area contributed by atoms with Crippen LogP contribution in [0.3, 0.4) is 0 Å². The smallest absolute Gasteiger partial charge is 0.307 e. The number of rotatable bonds is 2. The van der Waals surface area contributed by atoms with Crippen molar-refractivity contribution in [3.8, 4) is 0 Å². The standard InChI is InChI=1S/C18H21NO4/c20-16(15-13-4-2-1-3-12(13)5-10-23-15)19-8-6-18(7-9-19)11-14(18)17(21)22/h1-4,14-15H,5-11H2,(H,21,22). The van der Waals surface area contributed by atoms with Crippen LogP contribution < -0.4 is 0 Å². The molecular formula is C18H21NO4. The van der Waals surface area contributed by atoms with Gasteiger partial charge in [-0.05, 0) is 42.2 Å². The fraction of sp³-hybridized carbons (Fsp3) is 0.556. The number of benzene rings is 1. The van der Waals surface area contributed by atoms with E-state index < -0.39 is 12.1 Å². The van der Waals surface area contributed by atoms with E-state index in [9.17, 15) is 9.59 Å². The number of carboxylic acid groups (broad SMARTS) is 1. The molecule has 0 aromatic heterocycles. The lowest BCUT2D eigenvalue weighted by molar-refractivity contribution is -0.147. The van der Waals surface area contributed by atoms with E-state index in [1.807, 2.05) is 23.1 Å². The van der Waals surface area contributed by atoms with Crippen molar-refractivity contribution < 1.29 is 19.4 Å². The third-order valence-corrected chi connectivity index (χ3v) is 5.78. The Morgan fingerprint density at radius 2 is 1.96 bits per heavy atom. The quantitative estimate of drug-likeness (QED) is 0.906. The van der Waals surface area contributed by atoms with Crippen molar-refractivity contribution in [2.45, 2.75) is 31.8 Å². The summed E-state index contributed by atoms with van der Waals surface area (Å²) in [6.07, 6.45) is 2.72.